The Morgan fingerprint density at radius 2 is 1.92 bits per heavy atom. The molecule has 1 aliphatic carbocycles. The Bertz CT molecular complexity index is 141. The summed E-state index contributed by atoms with van der Waals surface area (Å²) in [6, 6.07) is 0.705. The molecule has 0 heterocycles. The van der Waals surface area contributed by atoms with Gasteiger partial charge in [0.05, 0.1) is 12.2 Å². The molecule has 1 rings (SSSR count). The Balaban J connectivity index is 2.06. The molecule has 1 unspecified atom stereocenters. The van der Waals surface area contributed by atoms with Gasteiger partial charge in [-0.3, -0.25) is 0 Å². The first-order valence-corrected chi connectivity index (χ1v) is 5.44. The first kappa shape index (κ1) is 11.0. The van der Waals surface area contributed by atoms with Crippen LogP contribution in [0.15, 0.2) is 0 Å². The van der Waals surface area contributed by atoms with Crippen LogP contribution >= 0.6 is 0 Å². The van der Waals surface area contributed by atoms with E-state index in [0.29, 0.717) is 18.2 Å². The van der Waals surface area contributed by atoms with Crippen LogP contribution in [-0.2, 0) is 4.74 Å². The van der Waals surface area contributed by atoms with Crippen LogP contribution in [0.25, 0.3) is 0 Å². The van der Waals surface area contributed by atoms with E-state index in [9.17, 15) is 0 Å². The summed E-state index contributed by atoms with van der Waals surface area (Å²) in [4.78, 5) is 0. The average Bonchev–Trinajstić information content (AvgIpc) is 1.94. The molecule has 0 aromatic rings. The Morgan fingerprint density at radius 3 is 2.38 bits per heavy atom. The SMILES string of the molecule is CNC1CC(OC(C)CC(C)C)C1. The van der Waals surface area contributed by atoms with Crippen LogP contribution in [0.2, 0.25) is 0 Å². The van der Waals surface area contributed by atoms with E-state index >= 15 is 0 Å². The smallest absolute Gasteiger partial charge is 0.0608 e. The standard InChI is InChI=1S/C11H23NO/c1-8(2)5-9(3)13-11-6-10(7-11)12-4/h8-12H,5-7H2,1-4H3. The van der Waals surface area contributed by atoms with E-state index in [4.69, 9.17) is 4.74 Å². The van der Waals surface area contributed by atoms with Crippen molar-refractivity contribution < 1.29 is 4.74 Å². The molecule has 0 aromatic carbocycles. The fourth-order valence-corrected chi connectivity index (χ4v) is 1.96. The molecule has 0 spiro atoms. The van der Waals surface area contributed by atoms with E-state index in [1.165, 1.54) is 19.3 Å². The van der Waals surface area contributed by atoms with Crippen molar-refractivity contribution >= 4 is 0 Å². The summed E-state index contributed by atoms with van der Waals surface area (Å²) >= 11 is 0. The third kappa shape index (κ3) is 3.65. The molecule has 1 atom stereocenters. The third-order valence-corrected chi connectivity index (χ3v) is 2.73. The summed E-state index contributed by atoms with van der Waals surface area (Å²) in [5.41, 5.74) is 0. The molecule has 0 aliphatic heterocycles. The molecule has 13 heavy (non-hydrogen) atoms. The lowest BCUT2D eigenvalue weighted by molar-refractivity contribution is -0.0623. The van der Waals surface area contributed by atoms with Crippen molar-refractivity contribution in [3.63, 3.8) is 0 Å². The molecule has 0 bridgehead atoms. The first-order valence-electron chi connectivity index (χ1n) is 5.44. The van der Waals surface area contributed by atoms with Crippen LogP contribution < -0.4 is 5.32 Å². The highest BCUT2D eigenvalue weighted by Crippen LogP contribution is 2.25. The highest BCUT2D eigenvalue weighted by molar-refractivity contribution is 4.85. The normalized spacial score (nSPS) is 30.2. The van der Waals surface area contributed by atoms with E-state index in [1.54, 1.807) is 0 Å². The van der Waals surface area contributed by atoms with Crippen molar-refractivity contribution in [2.24, 2.45) is 5.92 Å². The molecule has 2 nitrogen and oxygen atoms in total. The minimum absolute atomic E-state index is 0.433. The van der Waals surface area contributed by atoms with Crippen molar-refractivity contribution in [3.8, 4) is 0 Å². The first-order chi connectivity index (χ1) is 6.11. The van der Waals surface area contributed by atoms with Gasteiger partial charge < -0.3 is 10.1 Å². The minimum atomic E-state index is 0.433. The molecular weight excluding hydrogens is 162 g/mol. The van der Waals surface area contributed by atoms with Gasteiger partial charge in [-0.2, -0.15) is 0 Å². The van der Waals surface area contributed by atoms with Crippen LogP contribution in [0.5, 0.6) is 0 Å². The van der Waals surface area contributed by atoms with E-state index in [0.717, 1.165) is 5.92 Å². The van der Waals surface area contributed by atoms with Crippen LogP contribution in [-0.4, -0.2) is 25.3 Å². The predicted octanol–water partition coefficient (Wildman–Crippen LogP) is 2.19. The zero-order valence-electron chi connectivity index (χ0n) is 9.34. The summed E-state index contributed by atoms with van der Waals surface area (Å²) in [5, 5.41) is 3.27. The van der Waals surface area contributed by atoms with Crippen LogP contribution in [0.4, 0.5) is 0 Å². The third-order valence-electron chi connectivity index (χ3n) is 2.73. The monoisotopic (exact) mass is 185 g/mol. The molecule has 1 N–H and O–H groups in total. The van der Waals surface area contributed by atoms with Gasteiger partial charge in [0.1, 0.15) is 0 Å². The second kappa shape index (κ2) is 4.97. The van der Waals surface area contributed by atoms with Gasteiger partial charge in [0.2, 0.25) is 0 Å². The molecular formula is C11H23NO. The second-order valence-corrected chi connectivity index (χ2v) is 4.66. The zero-order chi connectivity index (χ0) is 9.84. The summed E-state index contributed by atoms with van der Waals surface area (Å²) in [7, 11) is 2.03. The maximum Gasteiger partial charge on any atom is 0.0608 e. The van der Waals surface area contributed by atoms with Gasteiger partial charge in [-0.25, -0.2) is 0 Å². The summed E-state index contributed by atoms with van der Waals surface area (Å²) < 4.78 is 5.89. The maximum atomic E-state index is 5.89. The molecule has 1 saturated carbocycles. The van der Waals surface area contributed by atoms with E-state index < -0.39 is 0 Å². The summed E-state index contributed by atoms with van der Waals surface area (Å²) in [5.74, 6) is 0.746. The van der Waals surface area contributed by atoms with Gasteiger partial charge in [0.25, 0.3) is 0 Å². The largest absolute Gasteiger partial charge is 0.375 e. The topological polar surface area (TPSA) is 21.3 Å². The molecule has 0 amide bonds. The van der Waals surface area contributed by atoms with Gasteiger partial charge in [-0.05, 0) is 39.2 Å². The summed E-state index contributed by atoms with van der Waals surface area (Å²) in [6.45, 7) is 6.68. The zero-order valence-corrected chi connectivity index (χ0v) is 9.34. The Hall–Kier alpha value is -0.0800. The lowest BCUT2D eigenvalue weighted by atomic mass is 9.89. The van der Waals surface area contributed by atoms with Gasteiger partial charge >= 0.3 is 0 Å². The predicted molar refractivity (Wildman–Crippen MR) is 55.9 cm³/mol. The number of nitrogens with one attached hydrogen (secondary N) is 1. The molecule has 1 fully saturated rings. The van der Waals surface area contributed by atoms with Crippen LogP contribution in [0.1, 0.15) is 40.0 Å². The molecule has 0 radical (unpaired) electrons. The lowest BCUT2D eigenvalue weighted by Crippen LogP contribution is -2.44. The summed E-state index contributed by atoms with van der Waals surface area (Å²) in [6.07, 6.45) is 4.52. The number of ether oxygens (including phenoxy) is 1. The molecule has 1 aliphatic rings. The van der Waals surface area contributed by atoms with Crippen molar-refractivity contribution in [3.05, 3.63) is 0 Å². The minimum Gasteiger partial charge on any atom is -0.375 e. The van der Waals surface area contributed by atoms with Crippen molar-refractivity contribution in [2.45, 2.75) is 58.3 Å². The van der Waals surface area contributed by atoms with Crippen molar-refractivity contribution in [1.29, 1.82) is 0 Å². The van der Waals surface area contributed by atoms with E-state index in [-0.39, 0.29) is 0 Å². The molecule has 2 heteroatoms. The van der Waals surface area contributed by atoms with Gasteiger partial charge in [0.15, 0.2) is 0 Å². The Morgan fingerprint density at radius 1 is 1.31 bits per heavy atom. The quantitative estimate of drug-likeness (QED) is 0.709. The maximum absolute atomic E-state index is 5.89. The number of rotatable bonds is 5. The van der Waals surface area contributed by atoms with E-state index in [2.05, 4.69) is 26.1 Å². The molecule has 78 valence electrons. The van der Waals surface area contributed by atoms with Crippen molar-refractivity contribution in [1.82, 2.24) is 5.32 Å². The van der Waals surface area contributed by atoms with Crippen LogP contribution in [0.3, 0.4) is 0 Å². The van der Waals surface area contributed by atoms with Crippen LogP contribution in [0, 0.1) is 5.92 Å². The fraction of sp³-hybridized carbons (Fsp3) is 1.00. The molecule has 0 saturated heterocycles. The van der Waals surface area contributed by atoms with E-state index in [1.807, 2.05) is 7.05 Å². The number of hydrogen-bond acceptors (Lipinski definition) is 2. The highest BCUT2D eigenvalue weighted by Gasteiger charge is 2.29. The molecule has 0 aromatic heterocycles. The Kier molecular flexibility index (Phi) is 4.20. The van der Waals surface area contributed by atoms with Gasteiger partial charge in [-0.15, -0.1) is 0 Å². The van der Waals surface area contributed by atoms with Gasteiger partial charge in [-0.1, -0.05) is 13.8 Å². The number of hydrogen-bond donors (Lipinski definition) is 1. The average molecular weight is 185 g/mol. The van der Waals surface area contributed by atoms with Gasteiger partial charge in [0, 0.05) is 6.04 Å². The second-order valence-electron chi connectivity index (χ2n) is 4.66. The Labute approximate surface area is 82.0 Å². The fourth-order valence-electron chi connectivity index (χ4n) is 1.96. The van der Waals surface area contributed by atoms with Crippen molar-refractivity contribution in [2.75, 3.05) is 7.05 Å². The highest BCUT2D eigenvalue weighted by atomic mass is 16.5. The lowest BCUT2D eigenvalue weighted by Gasteiger charge is -2.36.